The van der Waals surface area contributed by atoms with E-state index in [1.807, 2.05) is 0 Å². The second kappa shape index (κ2) is 16.4. The summed E-state index contributed by atoms with van der Waals surface area (Å²) in [6, 6.07) is 0.0551. The van der Waals surface area contributed by atoms with E-state index in [4.69, 9.17) is 22.3 Å². The SMILES string of the molecule is NC(N)=NCCCC(N)C(=O)NC(CCC(=O)O)C(=O)NC(CO)C(=O)NC(Cc1ccc(O)cc1)C(=O)O. The first kappa shape index (κ1) is 32.6. The van der Waals surface area contributed by atoms with Gasteiger partial charge in [0.2, 0.25) is 17.7 Å². The third kappa shape index (κ3) is 12.6. The number of carboxylic acids is 2. The van der Waals surface area contributed by atoms with E-state index in [1.54, 1.807) is 0 Å². The van der Waals surface area contributed by atoms with E-state index in [2.05, 4.69) is 20.9 Å². The Bertz CT molecular complexity index is 1030. The molecule has 216 valence electrons. The predicted molar refractivity (Wildman–Crippen MR) is 137 cm³/mol. The lowest BCUT2D eigenvalue weighted by Gasteiger charge is -2.24. The number of benzene rings is 1. The van der Waals surface area contributed by atoms with E-state index in [9.17, 15) is 39.3 Å². The van der Waals surface area contributed by atoms with Crippen LogP contribution >= 0.6 is 0 Å². The highest BCUT2D eigenvalue weighted by atomic mass is 16.4. The number of amides is 3. The number of aromatic hydroxyl groups is 1. The number of nitrogens with one attached hydrogen (secondary N) is 3. The predicted octanol–water partition coefficient (Wildman–Crippen LogP) is -3.29. The molecule has 0 saturated carbocycles. The van der Waals surface area contributed by atoms with Gasteiger partial charge in [0.15, 0.2) is 5.96 Å². The van der Waals surface area contributed by atoms with E-state index in [0.29, 0.717) is 12.0 Å². The molecule has 1 aromatic rings. The molecule has 0 aromatic heterocycles. The van der Waals surface area contributed by atoms with E-state index >= 15 is 0 Å². The lowest BCUT2D eigenvalue weighted by molar-refractivity contribution is -0.142. The molecular formula is C23H35N7O9. The van der Waals surface area contributed by atoms with Gasteiger partial charge in [-0.3, -0.25) is 24.2 Å². The van der Waals surface area contributed by atoms with Crippen LogP contribution in [0, 0.1) is 0 Å². The van der Waals surface area contributed by atoms with Crippen molar-refractivity contribution in [2.24, 2.45) is 22.2 Å². The third-order valence-electron chi connectivity index (χ3n) is 5.39. The first-order chi connectivity index (χ1) is 18.3. The van der Waals surface area contributed by atoms with Crippen LogP contribution in [0.4, 0.5) is 0 Å². The van der Waals surface area contributed by atoms with Gasteiger partial charge in [-0.25, -0.2) is 4.79 Å². The van der Waals surface area contributed by atoms with Crippen LogP contribution in [0.3, 0.4) is 0 Å². The van der Waals surface area contributed by atoms with Crippen molar-refractivity contribution in [3.05, 3.63) is 29.8 Å². The number of rotatable bonds is 17. The number of guanidine groups is 1. The van der Waals surface area contributed by atoms with Crippen LogP contribution in [0.1, 0.15) is 31.2 Å². The van der Waals surface area contributed by atoms with Crippen LogP contribution in [0.2, 0.25) is 0 Å². The molecule has 3 amide bonds. The Morgan fingerprint density at radius 3 is 1.95 bits per heavy atom. The Labute approximate surface area is 223 Å². The summed E-state index contributed by atoms with van der Waals surface area (Å²) in [4.78, 5) is 64.4. The van der Waals surface area contributed by atoms with Gasteiger partial charge in [-0.15, -0.1) is 0 Å². The first-order valence-electron chi connectivity index (χ1n) is 11.9. The number of aliphatic hydroxyl groups excluding tert-OH is 1. The number of aliphatic carboxylic acids is 2. The average Bonchev–Trinajstić information content (AvgIpc) is 2.87. The lowest BCUT2D eigenvalue weighted by Crippen LogP contribution is -2.58. The summed E-state index contributed by atoms with van der Waals surface area (Å²) in [6.45, 7) is -0.712. The maximum atomic E-state index is 12.8. The monoisotopic (exact) mass is 553 g/mol. The van der Waals surface area contributed by atoms with Crippen molar-refractivity contribution in [2.45, 2.75) is 56.3 Å². The van der Waals surface area contributed by atoms with Crippen LogP contribution in [0.5, 0.6) is 5.75 Å². The fourth-order valence-corrected chi connectivity index (χ4v) is 3.27. The van der Waals surface area contributed by atoms with Gasteiger partial charge < -0.3 is 53.6 Å². The fourth-order valence-electron chi connectivity index (χ4n) is 3.27. The molecule has 0 aliphatic rings. The maximum absolute atomic E-state index is 12.8. The first-order valence-corrected chi connectivity index (χ1v) is 11.9. The molecule has 4 atom stereocenters. The molecule has 1 rings (SSSR count). The number of carboxylic acid groups (broad SMARTS) is 2. The minimum absolute atomic E-state index is 0.0332. The van der Waals surface area contributed by atoms with Gasteiger partial charge in [0, 0.05) is 19.4 Å². The molecule has 0 bridgehead atoms. The summed E-state index contributed by atoms with van der Waals surface area (Å²) in [5, 5.41) is 44.3. The number of phenols is 1. The van der Waals surface area contributed by atoms with Crippen LogP contribution in [0.15, 0.2) is 29.3 Å². The topological polar surface area (TPSA) is 293 Å². The Morgan fingerprint density at radius 1 is 0.846 bits per heavy atom. The van der Waals surface area contributed by atoms with Gasteiger partial charge in [-0.2, -0.15) is 0 Å². The number of aliphatic hydroxyl groups is 1. The van der Waals surface area contributed by atoms with Crippen LogP contribution in [0.25, 0.3) is 0 Å². The molecule has 39 heavy (non-hydrogen) atoms. The number of nitrogens with zero attached hydrogens (tertiary/aromatic N) is 1. The smallest absolute Gasteiger partial charge is 0.326 e. The number of hydrogen-bond acceptors (Lipinski definition) is 9. The van der Waals surface area contributed by atoms with E-state index in [-0.39, 0.29) is 37.5 Å². The quantitative estimate of drug-likeness (QED) is 0.0516. The number of aliphatic imine (C=N–C) groups is 1. The van der Waals surface area contributed by atoms with E-state index in [1.165, 1.54) is 24.3 Å². The zero-order valence-electron chi connectivity index (χ0n) is 21.1. The minimum Gasteiger partial charge on any atom is -0.508 e. The molecule has 13 N–H and O–H groups in total. The van der Waals surface area contributed by atoms with Gasteiger partial charge in [0.25, 0.3) is 0 Å². The van der Waals surface area contributed by atoms with Crippen molar-refractivity contribution in [1.82, 2.24) is 16.0 Å². The van der Waals surface area contributed by atoms with E-state index < -0.39 is 66.9 Å². The molecule has 0 aliphatic carbocycles. The van der Waals surface area contributed by atoms with Gasteiger partial charge in [-0.1, -0.05) is 12.1 Å². The summed E-state index contributed by atoms with van der Waals surface area (Å²) in [5.41, 5.74) is 16.7. The van der Waals surface area contributed by atoms with Gasteiger partial charge in [0.1, 0.15) is 23.9 Å². The Balaban J connectivity index is 2.86. The largest absolute Gasteiger partial charge is 0.508 e. The fraction of sp³-hybridized carbons (Fsp3) is 0.478. The second-order valence-corrected chi connectivity index (χ2v) is 8.56. The number of carbonyl (C=O) groups is 5. The van der Waals surface area contributed by atoms with Crippen molar-refractivity contribution < 1.29 is 44.4 Å². The van der Waals surface area contributed by atoms with Crippen molar-refractivity contribution in [3.63, 3.8) is 0 Å². The highest BCUT2D eigenvalue weighted by Crippen LogP contribution is 2.11. The summed E-state index contributed by atoms with van der Waals surface area (Å²) in [6.07, 6.45) is -0.533. The summed E-state index contributed by atoms with van der Waals surface area (Å²) >= 11 is 0. The number of carbonyl (C=O) groups excluding carboxylic acids is 3. The number of hydrogen-bond donors (Lipinski definition) is 10. The van der Waals surface area contributed by atoms with Crippen molar-refractivity contribution >= 4 is 35.6 Å². The highest BCUT2D eigenvalue weighted by molar-refractivity contribution is 5.94. The molecule has 16 nitrogen and oxygen atoms in total. The summed E-state index contributed by atoms with van der Waals surface area (Å²) < 4.78 is 0. The molecule has 16 heteroatoms. The van der Waals surface area contributed by atoms with Crippen LogP contribution < -0.4 is 33.2 Å². The Kier molecular flexibility index (Phi) is 13.7. The normalized spacial score (nSPS) is 13.7. The maximum Gasteiger partial charge on any atom is 0.326 e. The Hall–Kier alpha value is -4.44. The van der Waals surface area contributed by atoms with Gasteiger partial charge in [-0.05, 0) is 37.0 Å². The average molecular weight is 554 g/mol. The van der Waals surface area contributed by atoms with Crippen LogP contribution in [-0.4, -0.2) is 93.4 Å². The highest BCUT2D eigenvalue weighted by Gasteiger charge is 2.30. The molecule has 0 saturated heterocycles. The molecule has 1 aromatic carbocycles. The molecule has 0 spiro atoms. The third-order valence-corrected chi connectivity index (χ3v) is 5.39. The molecule has 0 aliphatic heterocycles. The molecule has 0 radical (unpaired) electrons. The Morgan fingerprint density at radius 2 is 1.41 bits per heavy atom. The number of phenolic OH excluding ortho intramolecular Hbond substituents is 1. The van der Waals surface area contributed by atoms with Crippen molar-refractivity contribution in [1.29, 1.82) is 0 Å². The van der Waals surface area contributed by atoms with Crippen molar-refractivity contribution in [3.8, 4) is 5.75 Å². The van der Waals surface area contributed by atoms with Crippen molar-refractivity contribution in [2.75, 3.05) is 13.2 Å². The standard InChI is InChI=1S/C23H35N7O9/c24-14(2-1-9-27-23(25)26)19(35)28-15(7-8-18(33)34)20(36)30-17(11-31)21(37)29-16(22(38)39)10-12-3-5-13(32)6-4-12/h3-6,14-17,31-32H,1-2,7-11,24H2,(H,28,35)(H,29,37)(H,30,36)(H,33,34)(H,38,39)(H4,25,26,27). The molecule has 0 heterocycles. The number of nitrogens with two attached hydrogens (primary N) is 3. The molecular weight excluding hydrogens is 518 g/mol. The zero-order valence-corrected chi connectivity index (χ0v) is 21.1. The second-order valence-electron chi connectivity index (χ2n) is 8.56. The molecule has 0 fully saturated rings. The minimum atomic E-state index is -1.61. The van der Waals surface area contributed by atoms with Gasteiger partial charge >= 0.3 is 11.9 Å². The summed E-state index contributed by atoms with van der Waals surface area (Å²) in [7, 11) is 0. The van der Waals surface area contributed by atoms with Gasteiger partial charge in [0.05, 0.1) is 12.6 Å². The zero-order chi connectivity index (χ0) is 29.5. The van der Waals surface area contributed by atoms with Crippen LogP contribution in [-0.2, 0) is 30.4 Å². The van der Waals surface area contributed by atoms with E-state index in [0.717, 1.165) is 0 Å². The molecule has 4 unspecified atom stereocenters. The lowest BCUT2D eigenvalue weighted by atomic mass is 10.0. The summed E-state index contributed by atoms with van der Waals surface area (Å²) in [5.74, 6) is -5.59.